The average molecular weight is 270 g/mol. The zero-order valence-corrected chi connectivity index (χ0v) is 11.9. The Morgan fingerprint density at radius 2 is 1.75 bits per heavy atom. The molecular formula is C17H18O3. The first-order valence-electron chi connectivity index (χ1n) is 6.54. The molecule has 0 aliphatic rings. The van der Waals surface area contributed by atoms with Crippen LogP contribution in [0.4, 0.5) is 0 Å². The van der Waals surface area contributed by atoms with Crippen LogP contribution in [-0.2, 0) is 0 Å². The van der Waals surface area contributed by atoms with Crippen molar-refractivity contribution in [1.82, 2.24) is 0 Å². The number of benzene rings is 2. The molecule has 3 heteroatoms. The van der Waals surface area contributed by atoms with E-state index < -0.39 is 0 Å². The van der Waals surface area contributed by atoms with Gasteiger partial charge in [-0.25, -0.2) is 0 Å². The SMILES string of the molecule is COc1ccc(C(=O)c2cc(O)ccc2C(C)C)cc1. The highest BCUT2D eigenvalue weighted by Crippen LogP contribution is 2.26. The van der Waals surface area contributed by atoms with E-state index in [2.05, 4.69) is 0 Å². The summed E-state index contributed by atoms with van der Waals surface area (Å²) in [6.45, 7) is 4.05. The highest BCUT2D eigenvalue weighted by Gasteiger charge is 2.16. The Bertz CT molecular complexity index is 613. The van der Waals surface area contributed by atoms with Crippen LogP contribution in [0.25, 0.3) is 0 Å². The van der Waals surface area contributed by atoms with Crippen LogP contribution < -0.4 is 4.74 Å². The summed E-state index contributed by atoms with van der Waals surface area (Å²) < 4.78 is 5.08. The Morgan fingerprint density at radius 3 is 2.30 bits per heavy atom. The van der Waals surface area contributed by atoms with Crippen molar-refractivity contribution < 1.29 is 14.6 Å². The number of phenols is 1. The third-order valence-corrected chi connectivity index (χ3v) is 3.26. The van der Waals surface area contributed by atoms with Crippen LogP contribution in [0.15, 0.2) is 42.5 Å². The van der Waals surface area contributed by atoms with E-state index in [0.29, 0.717) is 16.9 Å². The Hall–Kier alpha value is -2.29. The van der Waals surface area contributed by atoms with Gasteiger partial charge in [0.2, 0.25) is 0 Å². The van der Waals surface area contributed by atoms with Gasteiger partial charge in [0.1, 0.15) is 11.5 Å². The van der Waals surface area contributed by atoms with Crippen molar-refractivity contribution in [1.29, 1.82) is 0 Å². The van der Waals surface area contributed by atoms with Gasteiger partial charge in [-0.15, -0.1) is 0 Å². The number of hydrogen-bond acceptors (Lipinski definition) is 3. The molecule has 0 aromatic heterocycles. The van der Waals surface area contributed by atoms with Gasteiger partial charge in [-0.1, -0.05) is 19.9 Å². The number of ketones is 1. The molecule has 104 valence electrons. The van der Waals surface area contributed by atoms with Gasteiger partial charge in [0.05, 0.1) is 7.11 Å². The third kappa shape index (κ3) is 2.82. The maximum absolute atomic E-state index is 12.6. The molecule has 0 amide bonds. The van der Waals surface area contributed by atoms with Crippen LogP contribution in [0.3, 0.4) is 0 Å². The highest BCUT2D eigenvalue weighted by molar-refractivity contribution is 6.10. The quantitative estimate of drug-likeness (QED) is 0.860. The van der Waals surface area contributed by atoms with E-state index in [0.717, 1.165) is 5.56 Å². The fourth-order valence-corrected chi connectivity index (χ4v) is 2.14. The van der Waals surface area contributed by atoms with Gasteiger partial charge in [-0.2, -0.15) is 0 Å². The van der Waals surface area contributed by atoms with E-state index >= 15 is 0 Å². The van der Waals surface area contributed by atoms with E-state index in [-0.39, 0.29) is 17.5 Å². The third-order valence-electron chi connectivity index (χ3n) is 3.26. The zero-order chi connectivity index (χ0) is 14.7. The second-order valence-corrected chi connectivity index (χ2v) is 4.98. The Labute approximate surface area is 118 Å². The van der Waals surface area contributed by atoms with Crippen molar-refractivity contribution >= 4 is 5.78 Å². The lowest BCUT2D eigenvalue weighted by molar-refractivity contribution is 0.103. The fraction of sp³-hybridized carbons (Fsp3) is 0.235. The van der Waals surface area contributed by atoms with Crippen molar-refractivity contribution in [3.05, 3.63) is 59.2 Å². The minimum Gasteiger partial charge on any atom is -0.508 e. The molecule has 0 aliphatic heterocycles. The molecule has 0 heterocycles. The fourth-order valence-electron chi connectivity index (χ4n) is 2.14. The van der Waals surface area contributed by atoms with Crippen molar-refractivity contribution in [3.63, 3.8) is 0 Å². The summed E-state index contributed by atoms with van der Waals surface area (Å²) in [5.41, 5.74) is 2.06. The lowest BCUT2D eigenvalue weighted by Gasteiger charge is -2.12. The van der Waals surface area contributed by atoms with Crippen LogP contribution in [0, 0.1) is 0 Å². The van der Waals surface area contributed by atoms with Crippen LogP contribution >= 0.6 is 0 Å². The molecule has 3 nitrogen and oxygen atoms in total. The van der Waals surface area contributed by atoms with Crippen molar-refractivity contribution in [3.8, 4) is 11.5 Å². The molecule has 0 radical (unpaired) electrons. The molecule has 0 saturated carbocycles. The minimum atomic E-state index is -0.0905. The van der Waals surface area contributed by atoms with Gasteiger partial charge in [0, 0.05) is 11.1 Å². The van der Waals surface area contributed by atoms with Gasteiger partial charge in [-0.05, 0) is 47.9 Å². The summed E-state index contributed by atoms with van der Waals surface area (Å²) in [7, 11) is 1.59. The van der Waals surface area contributed by atoms with Crippen molar-refractivity contribution in [2.75, 3.05) is 7.11 Å². The average Bonchev–Trinajstić information content (AvgIpc) is 2.46. The summed E-state index contributed by atoms with van der Waals surface area (Å²) in [5.74, 6) is 0.938. The second kappa shape index (κ2) is 5.78. The standard InChI is InChI=1S/C17H18O3/c1-11(2)15-9-6-13(18)10-16(15)17(19)12-4-7-14(20-3)8-5-12/h4-11,18H,1-3H3. The molecule has 0 fully saturated rings. The van der Waals surface area contributed by atoms with Crippen molar-refractivity contribution in [2.24, 2.45) is 0 Å². The summed E-state index contributed by atoms with van der Waals surface area (Å²) in [6.07, 6.45) is 0. The number of hydrogen-bond donors (Lipinski definition) is 1. The van der Waals surface area contributed by atoms with Gasteiger partial charge in [0.25, 0.3) is 0 Å². The molecule has 0 aliphatic carbocycles. The van der Waals surface area contributed by atoms with Crippen LogP contribution in [0.5, 0.6) is 11.5 Å². The lowest BCUT2D eigenvalue weighted by atomic mass is 9.92. The first-order valence-corrected chi connectivity index (χ1v) is 6.54. The van der Waals surface area contributed by atoms with Crippen LogP contribution in [0.2, 0.25) is 0 Å². The number of carbonyl (C=O) groups excluding carboxylic acids is 1. The predicted molar refractivity (Wildman–Crippen MR) is 78.6 cm³/mol. The zero-order valence-electron chi connectivity index (χ0n) is 11.9. The van der Waals surface area contributed by atoms with Gasteiger partial charge in [0.15, 0.2) is 5.78 Å². The topological polar surface area (TPSA) is 46.5 Å². The molecule has 0 unspecified atom stereocenters. The molecular weight excluding hydrogens is 252 g/mol. The summed E-state index contributed by atoms with van der Waals surface area (Å²) in [6, 6.07) is 11.9. The number of methoxy groups -OCH3 is 1. The summed E-state index contributed by atoms with van der Waals surface area (Å²) in [4.78, 5) is 12.6. The molecule has 0 saturated heterocycles. The molecule has 0 spiro atoms. The first kappa shape index (κ1) is 14.1. The maximum Gasteiger partial charge on any atom is 0.193 e. The van der Waals surface area contributed by atoms with Gasteiger partial charge >= 0.3 is 0 Å². The van der Waals surface area contributed by atoms with E-state index in [4.69, 9.17) is 4.74 Å². The first-order chi connectivity index (χ1) is 9.52. The van der Waals surface area contributed by atoms with Gasteiger partial charge < -0.3 is 9.84 Å². The summed E-state index contributed by atoms with van der Waals surface area (Å²) in [5, 5.41) is 9.63. The monoisotopic (exact) mass is 270 g/mol. The molecule has 1 N–H and O–H groups in total. The second-order valence-electron chi connectivity index (χ2n) is 4.98. The molecule has 0 atom stereocenters. The number of carbonyl (C=O) groups is 1. The number of aromatic hydroxyl groups is 1. The van der Waals surface area contributed by atoms with Crippen molar-refractivity contribution in [2.45, 2.75) is 19.8 Å². The number of ether oxygens (including phenoxy) is 1. The molecule has 20 heavy (non-hydrogen) atoms. The highest BCUT2D eigenvalue weighted by atomic mass is 16.5. The summed E-state index contributed by atoms with van der Waals surface area (Å²) >= 11 is 0. The lowest BCUT2D eigenvalue weighted by Crippen LogP contribution is -2.06. The normalized spacial score (nSPS) is 10.6. The Morgan fingerprint density at radius 1 is 1.10 bits per heavy atom. The van der Waals surface area contributed by atoms with Crippen LogP contribution in [-0.4, -0.2) is 18.0 Å². The van der Waals surface area contributed by atoms with E-state index in [1.165, 1.54) is 6.07 Å². The Balaban J connectivity index is 2.43. The van der Waals surface area contributed by atoms with Crippen LogP contribution in [0.1, 0.15) is 41.3 Å². The number of rotatable bonds is 4. The Kier molecular flexibility index (Phi) is 4.08. The van der Waals surface area contributed by atoms with E-state index in [1.54, 1.807) is 43.5 Å². The number of phenolic OH excluding ortho intramolecular Hbond substituents is 1. The molecule has 2 aromatic carbocycles. The minimum absolute atomic E-state index is 0.0905. The van der Waals surface area contributed by atoms with E-state index in [9.17, 15) is 9.90 Å². The molecule has 2 rings (SSSR count). The molecule has 2 aromatic rings. The predicted octanol–water partition coefficient (Wildman–Crippen LogP) is 3.76. The maximum atomic E-state index is 12.6. The van der Waals surface area contributed by atoms with E-state index in [1.807, 2.05) is 13.8 Å². The largest absolute Gasteiger partial charge is 0.508 e. The molecule has 0 bridgehead atoms. The smallest absolute Gasteiger partial charge is 0.193 e. The van der Waals surface area contributed by atoms with Gasteiger partial charge in [-0.3, -0.25) is 4.79 Å².